The largest absolute Gasteiger partial charge is 0.358 e. The van der Waals surface area contributed by atoms with Gasteiger partial charge in [-0.3, -0.25) is 14.5 Å². The number of hydrogen-bond acceptors (Lipinski definition) is 4. The number of nitrogens with zero attached hydrogens (tertiary/aromatic N) is 1. The zero-order valence-corrected chi connectivity index (χ0v) is 15.3. The molecular weight excluding hydrogens is 323 g/mol. The average molecular weight is 354 g/mol. The summed E-state index contributed by atoms with van der Waals surface area (Å²) in [7, 11) is 1.63. The number of likely N-dealkylation sites (N-methyl/N-ethyl adjacent to an activating group) is 1. The number of halogens is 1. The molecule has 2 heterocycles. The summed E-state index contributed by atoms with van der Waals surface area (Å²) in [6.07, 6.45) is 3.21. The van der Waals surface area contributed by atoms with E-state index in [2.05, 4.69) is 27.8 Å². The Balaban J connectivity index is 1.51. The van der Waals surface area contributed by atoms with Gasteiger partial charge in [-0.2, -0.15) is 0 Å². The van der Waals surface area contributed by atoms with Gasteiger partial charge in [0.15, 0.2) is 0 Å². The van der Waals surface area contributed by atoms with Crippen LogP contribution in [-0.4, -0.2) is 67.7 Å². The topological polar surface area (TPSA) is 73.5 Å². The van der Waals surface area contributed by atoms with Crippen molar-refractivity contribution >= 4 is 11.8 Å². The first kappa shape index (κ1) is 18.6. The molecule has 6 nitrogen and oxygen atoms in total. The fraction of sp³-hybridized carbons (Fsp3) is 0.889. The number of fused-ring (bicyclic) bond motifs is 1. The highest BCUT2D eigenvalue weighted by Crippen LogP contribution is 2.38. The number of carbonyl (C=O) groups excluding carboxylic acids is 2. The van der Waals surface area contributed by atoms with Gasteiger partial charge in [-0.05, 0) is 44.6 Å². The summed E-state index contributed by atoms with van der Waals surface area (Å²) in [6, 6.07) is -0.104. The Morgan fingerprint density at radius 1 is 1.28 bits per heavy atom. The van der Waals surface area contributed by atoms with Crippen LogP contribution in [0.2, 0.25) is 0 Å². The monoisotopic (exact) mass is 354 g/mol. The number of likely N-dealkylation sites (tertiary alicyclic amines) is 1. The van der Waals surface area contributed by atoms with Crippen LogP contribution in [0.25, 0.3) is 0 Å². The standard InChI is InChI=1S/C18H31FN4O2/c1-11-5-6-14(19)13-8-15(22-17(11)13)18(25)21-12-4-3-7-23(9-12)10-16(24)20-2/h11-15,17,22H,3-10H2,1-2H3,(H,20,24)(H,21,25). The summed E-state index contributed by atoms with van der Waals surface area (Å²) < 4.78 is 14.2. The minimum atomic E-state index is -0.788. The Labute approximate surface area is 149 Å². The van der Waals surface area contributed by atoms with Crippen molar-refractivity contribution in [1.82, 2.24) is 20.9 Å². The van der Waals surface area contributed by atoms with E-state index in [4.69, 9.17) is 0 Å². The molecule has 0 spiro atoms. The predicted molar refractivity (Wildman–Crippen MR) is 93.8 cm³/mol. The van der Waals surface area contributed by atoms with Gasteiger partial charge in [0, 0.05) is 31.6 Å². The lowest BCUT2D eigenvalue weighted by Crippen LogP contribution is -2.53. The van der Waals surface area contributed by atoms with Gasteiger partial charge in [-0.15, -0.1) is 0 Å². The molecule has 25 heavy (non-hydrogen) atoms. The Morgan fingerprint density at radius 3 is 2.80 bits per heavy atom. The van der Waals surface area contributed by atoms with E-state index in [1.165, 1.54) is 0 Å². The lowest BCUT2D eigenvalue weighted by molar-refractivity contribution is -0.124. The maximum absolute atomic E-state index is 14.2. The number of rotatable bonds is 4. The van der Waals surface area contributed by atoms with Crippen LogP contribution in [-0.2, 0) is 9.59 Å². The smallest absolute Gasteiger partial charge is 0.237 e. The molecule has 1 saturated carbocycles. The normalized spacial score (nSPS) is 38.8. The molecule has 0 aromatic carbocycles. The van der Waals surface area contributed by atoms with Crippen molar-refractivity contribution in [3.8, 4) is 0 Å². The van der Waals surface area contributed by atoms with Crippen LogP contribution < -0.4 is 16.0 Å². The molecule has 6 atom stereocenters. The lowest BCUT2D eigenvalue weighted by atomic mass is 9.77. The van der Waals surface area contributed by atoms with E-state index in [1.807, 2.05) is 0 Å². The van der Waals surface area contributed by atoms with Crippen LogP contribution in [0, 0.1) is 11.8 Å². The second-order valence-corrected chi connectivity index (χ2v) is 7.97. The molecule has 0 aromatic rings. The first-order chi connectivity index (χ1) is 12.0. The summed E-state index contributed by atoms with van der Waals surface area (Å²) in [4.78, 5) is 26.3. The molecule has 3 aliphatic rings. The number of nitrogens with one attached hydrogen (secondary N) is 3. The molecule has 3 fully saturated rings. The van der Waals surface area contributed by atoms with Crippen molar-refractivity contribution in [2.24, 2.45) is 11.8 Å². The van der Waals surface area contributed by atoms with Crippen LogP contribution in [0.4, 0.5) is 4.39 Å². The fourth-order valence-corrected chi connectivity index (χ4v) is 4.70. The lowest BCUT2D eigenvalue weighted by Gasteiger charge is -2.34. The third-order valence-electron chi connectivity index (χ3n) is 6.15. The van der Waals surface area contributed by atoms with Crippen LogP contribution in [0.5, 0.6) is 0 Å². The second-order valence-electron chi connectivity index (χ2n) is 7.97. The van der Waals surface area contributed by atoms with Crippen LogP contribution in [0.1, 0.15) is 39.0 Å². The highest BCUT2D eigenvalue weighted by molar-refractivity contribution is 5.82. The SMILES string of the molecule is CNC(=O)CN1CCCC(NC(=O)C2CC3C(F)CCC(C)C3N2)C1. The van der Waals surface area contributed by atoms with Crippen LogP contribution in [0.15, 0.2) is 0 Å². The Morgan fingerprint density at radius 2 is 2.08 bits per heavy atom. The maximum Gasteiger partial charge on any atom is 0.237 e. The van der Waals surface area contributed by atoms with Gasteiger partial charge in [0.25, 0.3) is 0 Å². The van der Waals surface area contributed by atoms with E-state index in [0.717, 1.165) is 25.8 Å². The molecule has 2 saturated heterocycles. The molecule has 0 aromatic heterocycles. The molecule has 1 aliphatic carbocycles. The zero-order chi connectivity index (χ0) is 18.0. The molecule has 3 N–H and O–H groups in total. The summed E-state index contributed by atoms with van der Waals surface area (Å²) in [6.45, 7) is 4.10. The van der Waals surface area contributed by atoms with Gasteiger partial charge in [-0.25, -0.2) is 4.39 Å². The maximum atomic E-state index is 14.2. The molecular formula is C18H31FN4O2. The highest BCUT2D eigenvalue weighted by Gasteiger charge is 2.46. The number of carbonyl (C=O) groups is 2. The highest BCUT2D eigenvalue weighted by atomic mass is 19.1. The first-order valence-electron chi connectivity index (χ1n) is 9.61. The Bertz CT molecular complexity index is 485. The fourth-order valence-electron chi connectivity index (χ4n) is 4.70. The van der Waals surface area contributed by atoms with Gasteiger partial charge >= 0.3 is 0 Å². The average Bonchev–Trinajstić information content (AvgIpc) is 3.05. The molecule has 0 radical (unpaired) electrons. The van der Waals surface area contributed by atoms with E-state index < -0.39 is 6.17 Å². The minimum Gasteiger partial charge on any atom is -0.358 e. The van der Waals surface area contributed by atoms with Gasteiger partial charge in [0.05, 0.1) is 12.6 Å². The molecule has 142 valence electrons. The van der Waals surface area contributed by atoms with Crippen molar-refractivity contribution in [3.05, 3.63) is 0 Å². The van der Waals surface area contributed by atoms with Crippen molar-refractivity contribution in [1.29, 1.82) is 0 Å². The van der Waals surface area contributed by atoms with Gasteiger partial charge < -0.3 is 16.0 Å². The molecule has 0 bridgehead atoms. The number of hydrogen-bond donors (Lipinski definition) is 3. The summed E-state index contributed by atoms with van der Waals surface area (Å²) >= 11 is 0. The van der Waals surface area contributed by atoms with E-state index in [1.54, 1.807) is 7.05 Å². The van der Waals surface area contributed by atoms with Crippen molar-refractivity contribution < 1.29 is 14.0 Å². The van der Waals surface area contributed by atoms with Gasteiger partial charge in [-0.1, -0.05) is 6.92 Å². The quantitative estimate of drug-likeness (QED) is 0.684. The summed E-state index contributed by atoms with van der Waals surface area (Å²) in [5, 5.41) is 9.15. The van der Waals surface area contributed by atoms with Crippen molar-refractivity contribution in [2.45, 2.75) is 63.3 Å². The third-order valence-corrected chi connectivity index (χ3v) is 6.15. The van der Waals surface area contributed by atoms with Crippen molar-refractivity contribution in [2.75, 3.05) is 26.7 Å². The number of amides is 2. The molecule has 2 amide bonds. The van der Waals surface area contributed by atoms with Gasteiger partial charge in [0.2, 0.25) is 11.8 Å². The minimum absolute atomic E-state index is 0.00325. The number of piperidine rings is 1. The van der Waals surface area contributed by atoms with E-state index in [0.29, 0.717) is 31.8 Å². The molecule has 6 unspecified atom stereocenters. The van der Waals surface area contributed by atoms with Crippen molar-refractivity contribution in [3.63, 3.8) is 0 Å². The second kappa shape index (κ2) is 7.99. The molecule has 2 aliphatic heterocycles. The van der Waals surface area contributed by atoms with E-state index in [-0.39, 0.29) is 35.9 Å². The third kappa shape index (κ3) is 4.31. The summed E-state index contributed by atoms with van der Waals surface area (Å²) in [5.41, 5.74) is 0. The van der Waals surface area contributed by atoms with Crippen LogP contribution >= 0.6 is 0 Å². The van der Waals surface area contributed by atoms with Crippen LogP contribution in [0.3, 0.4) is 0 Å². The van der Waals surface area contributed by atoms with E-state index >= 15 is 0 Å². The Kier molecular flexibility index (Phi) is 5.94. The first-order valence-corrected chi connectivity index (χ1v) is 9.61. The number of alkyl halides is 1. The van der Waals surface area contributed by atoms with E-state index in [9.17, 15) is 14.0 Å². The molecule has 7 heteroatoms. The zero-order valence-electron chi connectivity index (χ0n) is 15.3. The summed E-state index contributed by atoms with van der Waals surface area (Å²) in [5.74, 6) is 0.375. The Hall–Kier alpha value is -1.21. The van der Waals surface area contributed by atoms with Gasteiger partial charge in [0.1, 0.15) is 6.17 Å². The molecule has 3 rings (SSSR count). The predicted octanol–water partition coefficient (Wildman–Crippen LogP) is 0.428.